The minimum Gasteiger partial charge on any atom is -0.507 e. The molecule has 81 heavy (non-hydrogen) atoms. The second-order valence-corrected chi connectivity index (χ2v) is 27.5. The molecular formula is C71H93NO9. The Morgan fingerprint density at radius 3 is 0.938 bits per heavy atom. The Labute approximate surface area is 484 Å². The summed E-state index contributed by atoms with van der Waals surface area (Å²) < 4.78 is 45.3. The van der Waals surface area contributed by atoms with Crippen molar-refractivity contribution in [3.05, 3.63) is 174 Å². The van der Waals surface area contributed by atoms with Crippen molar-refractivity contribution in [1.82, 2.24) is 4.98 Å². The summed E-state index contributed by atoms with van der Waals surface area (Å²) in [7, 11) is 0. The monoisotopic (exact) mass is 1100 g/mol. The first-order valence-corrected chi connectivity index (χ1v) is 29.4. The lowest BCUT2D eigenvalue weighted by Gasteiger charge is -2.28. The normalized spacial score (nSPS) is 16.0. The second kappa shape index (κ2) is 25.3. The number of rotatable bonds is 3. The Morgan fingerprint density at radius 1 is 0.370 bits per heavy atom. The van der Waals surface area contributed by atoms with Crippen LogP contribution in [0.3, 0.4) is 0 Å². The molecule has 1 aliphatic carbocycles. The number of aromatic hydroxyl groups is 2. The van der Waals surface area contributed by atoms with Crippen molar-refractivity contribution < 1.29 is 43.4 Å². The predicted molar refractivity (Wildman–Crippen MR) is 326 cm³/mol. The Hall–Kier alpha value is -5.91. The molecule has 0 saturated heterocycles. The van der Waals surface area contributed by atoms with E-state index in [1.807, 2.05) is 18.2 Å². The average Bonchev–Trinajstić information content (AvgIpc) is 3.51. The van der Waals surface area contributed by atoms with Crippen molar-refractivity contribution in [1.29, 1.82) is 0 Å². The van der Waals surface area contributed by atoms with E-state index in [2.05, 4.69) is 165 Å². The molecule has 6 aromatic rings. The molecule has 2 aliphatic rings. The van der Waals surface area contributed by atoms with Crippen molar-refractivity contribution in [2.75, 3.05) is 66.1 Å². The van der Waals surface area contributed by atoms with E-state index in [9.17, 15) is 10.2 Å². The number of benzene rings is 5. The van der Waals surface area contributed by atoms with Gasteiger partial charge in [0.05, 0.1) is 58.5 Å². The number of aromatic nitrogens is 1. The highest BCUT2D eigenvalue weighted by Gasteiger charge is 2.30. The van der Waals surface area contributed by atoms with Gasteiger partial charge in [-0.1, -0.05) is 171 Å². The van der Waals surface area contributed by atoms with Gasteiger partial charge in [0.25, 0.3) is 0 Å². The molecule has 1 aromatic heterocycles. The molecule has 0 atom stereocenters. The number of pyridine rings is 1. The van der Waals surface area contributed by atoms with Crippen molar-refractivity contribution >= 4 is 0 Å². The fourth-order valence-corrected chi connectivity index (χ4v) is 10.7. The van der Waals surface area contributed by atoms with Crippen molar-refractivity contribution in [3.63, 3.8) is 0 Å². The van der Waals surface area contributed by atoms with Gasteiger partial charge in [-0.25, -0.2) is 0 Å². The first kappa shape index (κ1) is 61.2. The van der Waals surface area contributed by atoms with Crippen LogP contribution in [0.15, 0.2) is 85.1 Å². The largest absolute Gasteiger partial charge is 0.507 e. The fourth-order valence-electron chi connectivity index (χ4n) is 10.7. The molecule has 10 nitrogen and oxygen atoms in total. The molecule has 5 aromatic carbocycles. The van der Waals surface area contributed by atoms with Gasteiger partial charge in [0.1, 0.15) is 48.6 Å². The first-order chi connectivity index (χ1) is 38.1. The van der Waals surface area contributed by atoms with Crippen LogP contribution in [0.5, 0.6) is 28.7 Å². The van der Waals surface area contributed by atoms with Gasteiger partial charge in [-0.05, 0) is 123 Å². The smallest absolute Gasteiger partial charge is 0.130 e. The van der Waals surface area contributed by atoms with Crippen LogP contribution in [0.4, 0.5) is 0 Å². The van der Waals surface area contributed by atoms with Gasteiger partial charge in [0.15, 0.2) is 0 Å². The van der Waals surface area contributed by atoms with Crippen LogP contribution in [0.1, 0.15) is 193 Å². The zero-order chi connectivity index (χ0) is 58.5. The maximum Gasteiger partial charge on any atom is 0.130 e. The quantitative estimate of drug-likeness (QED) is 0.177. The average molecular weight is 1100 g/mol. The summed E-state index contributed by atoms with van der Waals surface area (Å²) in [6.45, 7) is 37.6. The Kier molecular flexibility index (Phi) is 19.1. The zero-order valence-electron chi connectivity index (χ0n) is 51.6. The summed E-state index contributed by atoms with van der Waals surface area (Å²) in [5.41, 5.74) is 14.2. The van der Waals surface area contributed by atoms with Crippen LogP contribution < -0.4 is 14.2 Å². The number of phenolic OH excluding ortho intramolecular Hbond substituents is 2. The minimum atomic E-state index is -0.268. The van der Waals surface area contributed by atoms with Crippen LogP contribution in [-0.4, -0.2) is 81.3 Å². The highest BCUT2D eigenvalue weighted by Crippen LogP contribution is 2.45. The third-order valence-corrected chi connectivity index (χ3v) is 15.7. The highest BCUT2D eigenvalue weighted by atomic mass is 16.6. The molecule has 8 rings (SSSR count). The summed E-state index contributed by atoms with van der Waals surface area (Å²) in [6, 6.07) is 28.3. The van der Waals surface area contributed by atoms with Crippen LogP contribution in [0, 0.1) is 0 Å². The van der Waals surface area contributed by atoms with Gasteiger partial charge in [-0.3, -0.25) is 4.98 Å². The molecule has 10 heteroatoms. The van der Waals surface area contributed by atoms with Crippen molar-refractivity contribution in [2.45, 2.75) is 170 Å². The van der Waals surface area contributed by atoms with E-state index in [1.165, 1.54) is 0 Å². The summed E-state index contributed by atoms with van der Waals surface area (Å²) in [6.07, 6.45) is 3.85. The van der Waals surface area contributed by atoms with E-state index >= 15 is 0 Å². The fraction of sp³-hybridized carbons (Fsp3) is 0.507. The molecule has 12 bridgehead atoms. The number of hydrogen-bond donors (Lipinski definition) is 2. The lowest BCUT2D eigenvalue weighted by molar-refractivity contribution is -0.00706. The lowest BCUT2D eigenvalue weighted by Crippen LogP contribution is -2.18. The lowest BCUT2D eigenvalue weighted by atomic mass is 9.79. The summed E-state index contributed by atoms with van der Waals surface area (Å²) >= 11 is 0. The number of ether oxygens (including phenoxy) is 7. The molecule has 436 valence electrons. The molecule has 1 aliphatic heterocycles. The van der Waals surface area contributed by atoms with Crippen LogP contribution >= 0.6 is 0 Å². The van der Waals surface area contributed by atoms with E-state index in [4.69, 9.17) is 38.1 Å². The van der Waals surface area contributed by atoms with E-state index in [0.29, 0.717) is 85.0 Å². The SMILES string of the molecule is CC(C)(C)c1cc2c(O)c(c1)Cc1cc(C(C)(C)C)cc3c1OCCOCCOCCOCCOCCOc1c(cc(C(C)(C)C)cc1Cc1cc(C(C)(C)C)cc(c1O)Cc1cc(C(C)(C)C)cc(c1OCc1ccccn1)C3)C2. The molecule has 0 radical (unpaired) electrons. The molecule has 0 saturated carbocycles. The third kappa shape index (κ3) is 15.8. The topological polar surface area (TPSA) is 118 Å². The molecule has 2 heterocycles. The zero-order valence-corrected chi connectivity index (χ0v) is 51.6. The maximum absolute atomic E-state index is 13.0. The Bertz CT molecular complexity index is 3120. The molecule has 0 amide bonds. The van der Waals surface area contributed by atoms with Gasteiger partial charge in [-0.2, -0.15) is 0 Å². The first-order valence-electron chi connectivity index (χ1n) is 29.4. The second-order valence-electron chi connectivity index (χ2n) is 27.5. The highest BCUT2D eigenvalue weighted by molar-refractivity contribution is 5.60. The number of hydrogen-bond acceptors (Lipinski definition) is 10. The minimum absolute atomic E-state index is 0.239. The van der Waals surface area contributed by atoms with Crippen LogP contribution in [0.25, 0.3) is 0 Å². The van der Waals surface area contributed by atoms with Crippen LogP contribution in [0.2, 0.25) is 0 Å². The molecular weight excluding hydrogens is 1010 g/mol. The third-order valence-electron chi connectivity index (χ3n) is 15.7. The van der Waals surface area contributed by atoms with Gasteiger partial charge in [0, 0.05) is 38.3 Å². The van der Waals surface area contributed by atoms with E-state index in [0.717, 1.165) is 106 Å². The molecule has 2 N–H and O–H groups in total. The van der Waals surface area contributed by atoms with Gasteiger partial charge in [0.2, 0.25) is 0 Å². The van der Waals surface area contributed by atoms with Gasteiger partial charge in [-0.15, -0.1) is 0 Å². The number of phenols is 2. The van der Waals surface area contributed by atoms with Crippen LogP contribution in [-0.2, 0) is 84.7 Å². The van der Waals surface area contributed by atoms with Gasteiger partial charge < -0.3 is 43.4 Å². The summed E-state index contributed by atoms with van der Waals surface area (Å²) in [5.74, 6) is 2.70. The summed E-state index contributed by atoms with van der Waals surface area (Å²) in [5, 5.41) is 26.1. The molecule has 0 spiro atoms. The predicted octanol–water partition coefficient (Wildman–Crippen LogP) is 14.7. The molecule has 0 unspecified atom stereocenters. The van der Waals surface area contributed by atoms with E-state index < -0.39 is 0 Å². The maximum atomic E-state index is 13.0. The molecule has 0 fully saturated rings. The van der Waals surface area contributed by atoms with Crippen molar-refractivity contribution in [2.24, 2.45) is 0 Å². The summed E-state index contributed by atoms with van der Waals surface area (Å²) in [4.78, 5) is 4.71. The standard InChI is InChI=1S/C71H93NO9/c1-67(2,3)56-35-46-30-50-39-58(69(7,8)9)40-51-31-47-36-57(68(4,5)6)38-49(63(47)74)33-53-42-60(71(13,14)15)44-55(66(53)81-45-61-18-16-17-19-72-61)34-54-43-59(70(10,11)12)41-52(32-48(37-56)62(46)73)65(54)80-29-27-78-25-23-76-21-20-75-22-24-77-26-28-79-64(50)51/h16-19,35-44,73-74H,20-34,45H2,1-15H3. The van der Waals surface area contributed by atoms with Gasteiger partial charge >= 0.3 is 0 Å². The van der Waals surface area contributed by atoms with E-state index in [1.54, 1.807) is 6.20 Å². The Balaban J connectivity index is 1.49. The number of fused-ring (bicyclic) bond motifs is 4. The number of nitrogens with zero attached hydrogens (tertiary/aromatic N) is 1. The van der Waals surface area contributed by atoms with E-state index in [-0.39, 0.29) is 58.4 Å². The van der Waals surface area contributed by atoms with Crippen molar-refractivity contribution in [3.8, 4) is 28.7 Å². The Morgan fingerprint density at radius 2 is 0.642 bits per heavy atom.